The van der Waals surface area contributed by atoms with Crippen molar-refractivity contribution in [3.05, 3.63) is 76.9 Å². The van der Waals surface area contributed by atoms with E-state index in [4.69, 9.17) is 0 Å². The highest BCUT2D eigenvalue weighted by molar-refractivity contribution is 5.58. The molecule has 0 aliphatic carbocycles. The molecule has 0 amide bonds. The number of rotatable bonds is 1. The van der Waals surface area contributed by atoms with E-state index >= 15 is 0 Å². The summed E-state index contributed by atoms with van der Waals surface area (Å²) in [6, 6.07) is 13.3. The molecule has 0 fully saturated rings. The van der Waals surface area contributed by atoms with E-state index < -0.39 is 0 Å². The van der Waals surface area contributed by atoms with Crippen molar-refractivity contribution < 1.29 is 0 Å². The van der Waals surface area contributed by atoms with Gasteiger partial charge in [-0.3, -0.25) is 9.80 Å². The van der Waals surface area contributed by atoms with Crippen LogP contribution in [0.4, 0.5) is 5.69 Å². The fourth-order valence-corrected chi connectivity index (χ4v) is 2.05. The van der Waals surface area contributed by atoms with Gasteiger partial charge in [-0.2, -0.15) is 0 Å². The van der Waals surface area contributed by atoms with Gasteiger partial charge in [0.1, 0.15) is 0 Å². The topological polar surface area (TPSA) is 25.2 Å². The Kier molecular flexibility index (Phi) is 2.29. The Morgan fingerprint density at radius 1 is 1.00 bits per heavy atom. The summed E-state index contributed by atoms with van der Waals surface area (Å²) in [6.45, 7) is 0. The first-order valence-electron chi connectivity index (χ1n) is 5.58. The van der Waals surface area contributed by atoms with E-state index in [9.17, 15) is 4.79 Å². The Labute approximate surface area is 99.2 Å². The van der Waals surface area contributed by atoms with Crippen LogP contribution in [0.2, 0.25) is 0 Å². The summed E-state index contributed by atoms with van der Waals surface area (Å²) in [5.74, 6) is 0. The zero-order valence-electron chi connectivity index (χ0n) is 9.28. The van der Waals surface area contributed by atoms with E-state index in [2.05, 4.69) is 12.1 Å². The molecule has 0 atom stereocenters. The number of allylic oxidation sites excluding steroid dienone is 1. The molecular formula is C14H12N2O. The zero-order valence-corrected chi connectivity index (χ0v) is 9.28. The highest BCUT2D eigenvalue weighted by atomic mass is 16.1. The van der Waals surface area contributed by atoms with Gasteiger partial charge in [0.05, 0.1) is 5.69 Å². The van der Waals surface area contributed by atoms with Crippen LogP contribution in [0.1, 0.15) is 5.56 Å². The summed E-state index contributed by atoms with van der Waals surface area (Å²) in [4.78, 5) is 11.8. The van der Waals surface area contributed by atoms with E-state index in [1.807, 2.05) is 35.5 Å². The van der Waals surface area contributed by atoms with Crippen LogP contribution in [-0.2, 0) is 6.42 Å². The number of nitrogens with zero attached hydrogens (tertiary/aromatic N) is 2. The lowest BCUT2D eigenvalue weighted by molar-refractivity contribution is 0.755. The molecule has 0 N–H and O–H groups in total. The van der Waals surface area contributed by atoms with Crippen LogP contribution in [0.25, 0.3) is 0 Å². The Bertz CT molecular complexity index is 628. The van der Waals surface area contributed by atoms with E-state index in [0.29, 0.717) is 0 Å². The van der Waals surface area contributed by atoms with Crippen LogP contribution in [0.3, 0.4) is 0 Å². The molecule has 0 saturated heterocycles. The van der Waals surface area contributed by atoms with Crippen LogP contribution < -0.4 is 10.6 Å². The van der Waals surface area contributed by atoms with Crippen molar-refractivity contribution in [2.45, 2.75) is 6.42 Å². The van der Waals surface area contributed by atoms with Crippen molar-refractivity contribution in [2.24, 2.45) is 0 Å². The SMILES string of the molecule is O=c1ccccn1N1C=CCc2ccccc21. The van der Waals surface area contributed by atoms with Crippen LogP contribution in [0.15, 0.2) is 65.7 Å². The summed E-state index contributed by atoms with van der Waals surface area (Å²) in [5, 5.41) is 1.88. The maximum Gasteiger partial charge on any atom is 0.269 e. The molecule has 0 unspecified atom stereocenters. The molecule has 1 aromatic heterocycles. The second kappa shape index (κ2) is 3.94. The minimum absolute atomic E-state index is 0.0335. The van der Waals surface area contributed by atoms with Crippen LogP contribution in [0, 0.1) is 0 Å². The van der Waals surface area contributed by atoms with Crippen molar-refractivity contribution >= 4 is 5.69 Å². The first kappa shape index (κ1) is 9.90. The van der Waals surface area contributed by atoms with Gasteiger partial charge < -0.3 is 0 Å². The van der Waals surface area contributed by atoms with Crippen LogP contribution >= 0.6 is 0 Å². The van der Waals surface area contributed by atoms with Crippen LogP contribution in [-0.4, -0.2) is 4.68 Å². The molecule has 0 bridgehead atoms. The predicted octanol–water partition coefficient (Wildman–Crippen LogP) is 2.19. The second-order valence-electron chi connectivity index (χ2n) is 3.95. The molecule has 3 nitrogen and oxygen atoms in total. The van der Waals surface area contributed by atoms with Crippen molar-refractivity contribution in [1.29, 1.82) is 0 Å². The number of fused-ring (bicyclic) bond motifs is 1. The van der Waals surface area contributed by atoms with E-state index in [1.165, 1.54) is 5.56 Å². The monoisotopic (exact) mass is 224 g/mol. The maximum absolute atomic E-state index is 11.8. The van der Waals surface area contributed by atoms with E-state index in [1.54, 1.807) is 23.0 Å². The number of para-hydroxylation sites is 1. The highest BCUT2D eigenvalue weighted by Gasteiger charge is 2.13. The average molecular weight is 224 g/mol. The average Bonchev–Trinajstić information content (AvgIpc) is 2.39. The summed E-state index contributed by atoms with van der Waals surface area (Å²) >= 11 is 0. The normalized spacial score (nSPS) is 13.5. The molecule has 0 saturated carbocycles. The van der Waals surface area contributed by atoms with Crippen molar-refractivity contribution in [1.82, 2.24) is 4.68 Å². The van der Waals surface area contributed by atoms with Gasteiger partial charge in [-0.05, 0) is 24.1 Å². The molecule has 17 heavy (non-hydrogen) atoms. The second-order valence-corrected chi connectivity index (χ2v) is 3.95. The number of pyridine rings is 1. The molecular weight excluding hydrogens is 212 g/mol. The molecule has 1 aromatic carbocycles. The summed E-state index contributed by atoms with van der Waals surface area (Å²) < 4.78 is 1.61. The maximum atomic E-state index is 11.8. The third kappa shape index (κ3) is 1.65. The lowest BCUT2D eigenvalue weighted by Crippen LogP contribution is -2.35. The molecule has 3 rings (SSSR count). The van der Waals surface area contributed by atoms with Crippen molar-refractivity contribution in [2.75, 3.05) is 5.01 Å². The quantitative estimate of drug-likeness (QED) is 0.742. The molecule has 1 aliphatic rings. The molecule has 3 heteroatoms. The zero-order chi connectivity index (χ0) is 11.7. The van der Waals surface area contributed by atoms with Crippen molar-refractivity contribution in [3.8, 4) is 0 Å². The fraction of sp³-hybridized carbons (Fsp3) is 0.0714. The first-order valence-corrected chi connectivity index (χ1v) is 5.58. The third-order valence-corrected chi connectivity index (χ3v) is 2.86. The molecule has 84 valence electrons. The smallest absolute Gasteiger partial charge is 0.267 e. The Morgan fingerprint density at radius 2 is 1.82 bits per heavy atom. The first-order chi connectivity index (χ1) is 8.36. The number of hydrogen-bond acceptors (Lipinski definition) is 2. The summed E-state index contributed by atoms with van der Waals surface area (Å²) in [7, 11) is 0. The molecule has 0 spiro atoms. The summed E-state index contributed by atoms with van der Waals surface area (Å²) in [5.41, 5.74) is 2.25. The van der Waals surface area contributed by atoms with Gasteiger partial charge in [0.25, 0.3) is 5.56 Å². The number of aromatic nitrogens is 1. The minimum Gasteiger partial charge on any atom is -0.267 e. The lowest BCUT2D eigenvalue weighted by atomic mass is 10.1. The number of benzene rings is 1. The highest BCUT2D eigenvalue weighted by Crippen LogP contribution is 2.24. The molecule has 1 aliphatic heterocycles. The Morgan fingerprint density at radius 3 is 2.71 bits per heavy atom. The fourth-order valence-electron chi connectivity index (χ4n) is 2.05. The third-order valence-electron chi connectivity index (χ3n) is 2.86. The standard InChI is InChI=1S/C14H12N2O/c17-14-9-3-4-10-16(14)15-11-5-7-12-6-1-2-8-13(12)15/h1-6,8-11H,7H2. The number of anilines is 1. The Hall–Kier alpha value is -2.29. The van der Waals surface area contributed by atoms with Gasteiger partial charge in [0.15, 0.2) is 0 Å². The molecule has 2 heterocycles. The molecule has 2 aromatic rings. The van der Waals surface area contributed by atoms with Crippen LogP contribution in [0.5, 0.6) is 0 Å². The predicted molar refractivity (Wildman–Crippen MR) is 67.9 cm³/mol. The van der Waals surface area contributed by atoms with Gasteiger partial charge in [0, 0.05) is 18.5 Å². The lowest BCUT2D eigenvalue weighted by Gasteiger charge is -2.27. The van der Waals surface area contributed by atoms with Gasteiger partial charge >= 0.3 is 0 Å². The van der Waals surface area contributed by atoms with E-state index in [-0.39, 0.29) is 5.56 Å². The van der Waals surface area contributed by atoms with Gasteiger partial charge in [-0.25, -0.2) is 4.68 Å². The van der Waals surface area contributed by atoms with Gasteiger partial charge in [-0.1, -0.05) is 30.3 Å². The summed E-state index contributed by atoms with van der Waals surface area (Å²) in [6.07, 6.45) is 6.68. The minimum atomic E-state index is -0.0335. The largest absolute Gasteiger partial charge is 0.269 e. The van der Waals surface area contributed by atoms with Gasteiger partial charge in [0.2, 0.25) is 0 Å². The Balaban J connectivity index is 2.16. The number of hydrogen-bond donors (Lipinski definition) is 0. The molecule has 0 radical (unpaired) electrons. The van der Waals surface area contributed by atoms with Gasteiger partial charge in [-0.15, -0.1) is 0 Å². The van der Waals surface area contributed by atoms with E-state index in [0.717, 1.165) is 12.1 Å². The van der Waals surface area contributed by atoms with Crippen molar-refractivity contribution in [3.63, 3.8) is 0 Å².